The predicted octanol–water partition coefficient (Wildman–Crippen LogP) is 1.92. The van der Waals surface area contributed by atoms with Gasteiger partial charge in [0.25, 0.3) is 0 Å². The van der Waals surface area contributed by atoms with E-state index in [2.05, 4.69) is 9.55 Å². The number of rotatable bonds is 5. The molecule has 0 saturated heterocycles. The zero-order valence-corrected chi connectivity index (χ0v) is 9.28. The van der Waals surface area contributed by atoms with Crippen molar-refractivity contribution < 1.29 is 5.11 Å². The third-order valence-electron chi connectivity index (χ3n) is 3.17. The van der Waals surface area contributed by atoms with Crippen molar-refractivity contribution in [1.29, 1.82) is 0 Å². The summed E-state index contributed by atoms with van der Waals surface area (Å²) < 4.78 is 2.31. The van der Waals surface area contributed by atoms with Crippen LogP contribution in [-0.4, -0.2) is 21.3 Å². The number of nitrogens with zero attached hydrogens (tertiary/aromatic N) is 2. The van der Waals surface area contributed by atoms with Crippen LogP contribution in [0.25, 0.3) is 0 Å². The van der Waals surface area contributed by atoms with Crippen LogP contribution >= 0.6 is 0 Å². The molecule has 1 heterocycles. The Bertz CT molecular complexity index is 307. The van der Waals surface area contributed by atoms with Gasteiger partial charge in [-0.15, -0.1) is 0 Å². The summed E-state index contributed by atoms with van der Waals surface area (Å²) in [6.45, 7) is 1.39. The van der Waals surface area contributed by atoms with Crippen LogP contribution in [0.2, 0.25) is 0 Å². The second-order valence-electron chi connectivity index (χ2n) is 4.32. The number of hydrogen-bond donors (Lipinski definition) is 1. The largest absolute Gasteiger partial charge is 0.396 e. The van der Waals surface area contributed by atoms with Crippen molar-refractivity contribution in [3.05, 3.63) is 17.7 Å². The lowest BCUT2D eigenvalue weighted by Gasteiger charge is -2.13. The number of imidazole rings is 1. The van der Waals surface area contributed by atoms with Crippen molar-refractivity contribution in [3.8, 4) is 0 Å². The molecule has 0 atom stereocenters. The lowest BCUT2D eigenvalue weighted by Crippen LogP contribution is -2.08. The number of fused-ring (bicyclic) bond motifs is 1. The van der Waals surface area contributed by atoms with E-state index >= 15 is 0 Å². The molecule has 2 rings (SSSR count). The first-order chi connectivity index (χ1) is 7.42. The molecule has 0 aromatic carbocycles. The van der Waals surface area contributed by atoms with E-state index in [1.165, 1.54) is 37.1 Å². The lowest BCUT2D eigenvalue weighted by molar-refractivity contribution is 0.281. The molecule has 0 fully saturated rings. The fourth-order valence-electron chi connectivity index (χ4n) is 2.29. The van der Waals surface area contributed by atoms with Gasteiger partial charge in [-0.2, -0.15) is 0 Å². The van der Waals surface area contributed by atoms with Gasteiger partial charge < -0.3 is 9.67 Å². The molecule has 0 bridgehead atoms. The van der Waals surface area contributed by atoms with E-state index in [0.717, 1.165) is 25.8 Å². The van der Waals surface area contributed by atoms with Gasteiger partial charge in [0, 0.05) is 18.8 Å². The molecule has 84 valence electrons. The second-order valence-corrected chi connectivity index (χ2v) is 4.32. The third-order valence-corrected chi connectivity index (χ3v) is 3.17. The Morgan fingerprint density at radius 1 is 1.20 bits per heavy atom. The first-order valence-electron chi connectivity index (χ1n) is 6.05. The van der Waals surface area contributed by atoms with Gasteiger partial charge >= 0.3 is 0 Å². The lowest BCUT2D eigenvalue weighted by atomic mass is 10.0. The number of aryl methyl sites for hydroxylation is 2. The Kier molecular flexibility index (Phi) is 3.78. The van der Waals surface area contributed by atoms with Gasteiger partial charge in [-0.05, 0) is 44.9 Å². The minimum absolute atomic E-state index is 0.321. The number of hydrogen-bond acceptors (Lipinski definition) is 2. The van der Waals surface area contributed by atoms with E-state index in [1.807, 2.05) is 6.33 Å². The summed E-state index contributed by atoms with van der Waals surface area (Å²) in [5.41, 5.74) is 2.79. The highest BCUT2D eigenvalue weighted by molar-refractivity contribution is 5.16. The molecule has 0 aliphatic heterocycles. The molecule has 3 nitrogen and oxygen atoms in total. The topological polar surface area (TPSA) is 38.0 Å². The fraction of sp³-hybridized carbons (Fsp3) is 0.750. The first-order valence-corrected chi connectivity index (χ1v) is 6.05. The van der Waals surface area contributed by atoms with Crippen molar-refractivity contribution >= 4 is 0 Å². The molecule has 0 saturated carbocycles. The van der Waals surface area contributed by atoms with Gasteiger partial charge in [-0.3, -0.25) is 0 Å². The molecule has 3 heteroatoms. The Morgan fingerprint density at radius 3 is 2.93 bits per heavy atom. The van der Waals surface area contributed by atoms with Gasteiger partial charge in [0.2, 0.25) is 0 Å². The molecule has 1 aliphatic rings. The monoisotopic (exact) mass is 208 g/mol. The van der Waals surface area contributed by atoms with Crippen molar-refractivity contribution in [3.63, 3.8) is 0 Å². The van der Waals surface area contributed by atoms with Gasteiger partial charge in [0.1, 0.15) is 0 Å². The summed E-state index contributed by atoms with van der Waals surface area (Å²) in [4.78, 5) is 4.47. The van der Waals surface area contributed by atoms with Crippen LogP contribution < -0.4 is 0 Å². The smallest absolute Gasteiger partial charge is 0.0951 e. The first kappa shape index (κ1) is 10.7. The molecule has 0 amide bonds. The Labute approximate surface area is 91.1 Å². The Balaban J connectivity index is 1.88. The molecular formula is C12H20N2O. The zero-order valence-electron chi connectivity index (χ0n) is 9.28. The molecule has 1 aromatic rings. The van der Waals surface area contributed by atoms with E-state index in [1.54, 1.807) is 0 Å². The van der Waals surface area contributed by atoms with Crippen molar-refractivity contribution in [2.75, 3.05) is 6.61 Å². The van der Waals surface area contributed by atoms with Crippen LogP contribution in [0.5, 0.6) is 0 Å². The van der Waals surface area contributed by atoms with E-state index in [4.69, 9.17) is 5.11 Å². The predicted molar refractivity (Wildman–Crippen MR) is 59.8 cm³/mol. The highest BCUT2D eigenvalue weighted by Gasteiger charge is 2.14. The molecule has 0 radical (unpaired) electrons. The summed E-state index contributed by atoms with van der Waals surface area (Å²) in [5, 5.41) is 8.70. The van der Waals surface area contributed by atoms with E-state index in [-0.39, 0.29) is 0 Å². The standard InChI is InChI=1S/C12H20N2O/c15-9-5-1-4-8-14-10-13-11-6-2-3-7-12(11)14/h10,15H,1-9H2. The van der Waals surface area contributed by atoms with Crippen LogP contribution in [0.4, 0.5) is 0 Å². The molecular weight excluding hydrogens is 188 g/mol. The van der Waals surface area contributed by atoms with Crippen molar-refractivity contribution in [1.82, 2.24) is 9.55 Å². The van der Waals surface area contributed by atoms with Crippen LogP contribution in [0.1, 0.15) is 43.5 Å². The van der Waals surface area contributed by atoms with Crippen LogP contribution in [0.3, 0.4) is 0 Å². The minimum Gasteiger partial charge on any atom is -0.396 e. The number of aromatic nitrogens is 2. The maximum Gasteiger partial charge on any atom is 0.0951 e. The van der Waals surface area contributed by atoms with Crippen LogP contribution in [0, 0.1) is 0 Å². The maximum absolute atomic E-state index is 8.70. The van der Waals surface area contributed by atoms with Gasteiger partial charge in [-0.25, -0.2) is 4.98 Å². The molecule has 0 unspecified atom stereocenters. The van der Waals surface area contributed by atoms with Gasteiger partial charge in [0.05, 0.1) is 12.0 Å². The van der Waals surface area contributed by atoms with E-state index in [0.29, 0.717) is 6.61 Å². The SMILES string of the molecule is OCCCCCn1cnc2c1CCCC2. The fourth-order valence-corrected chi connectivity index (χ4v) is 2.29. The van der Waals surface area contributed by atoms with Crippen molar-refractivity contribution in [2.24, 2.45) is 0 Å². The minimum atomic E-state index is 0.321. The summed E-state index contributed by atoms with van der Waals surface area (Å²) in [7, 11) is 0. The third kappa shape index (κ3) is 2.59. The Morgan fingerprint density at radius 2 is 2.07 bits per heavy atom. The number of unbranched alkanes of at least 4 members (excludes halogenated alkanes) is 2. The Hall–Kier alpha value is -0.830. The second kappa shape index (κ2) is 5.31. The average Bonchev–Trinajstić information content (AvgIpc) is 2.68. The molecule has 15 heavy (non-hydrogen) atoms. The van der Waals surface area contributed by atoms with Crippen LogP contribution in [-0.2, 0) is 19.4 Å². The van der Waals surface area contributed by atoms with Gasteiger partial charge in [0.15, 0.2) is 0 Å². The molecule has 0 spiro atoms. The molecule has 1 N–H and O–H groups in total. The molecule has 1 aromatic heterocycles. The summed E-state index contributed by atoms with van der Waals surface area (Å²) >= 11 is 0. The maximum atomic E-state index is 8.70. The average molecular weight is 208 g/mol. The highest BCUT2D eigenvalue weighted by atomic mass is 16.2. The van der Waals surface area contributed by atoms with Crippen LogP contribution in [0.15, 0.2) is 6.33 Å². The molecule has 1 aliphatic carbocycles. The quantitative estimate of drug-likeness (QED) is 0.751. The zero-order chi connectivity index (χ0) is 10.5. The van der Waals surface area contributed by atoms with E-state index in [9.17, 15) is 0 Å². The number of aliphatic hydroxyl groups excluding tert-OH is 1. The highest BCUT2D eigenvalue weighted by Crippen LogP contribution is 2.20. The number of aliphatic hydroxyl groups is 1. The summed E-state index contributed by atoms with van der Waals surface area (Å²) in [5.74, 6) is 0. The normalized spacial score (nSPS) is 15.3. The van der Waals surface area contributed by atoms with Gasteiger partial charge in [-0.1, -0.05) is 0 Å². The van der Waals surface area contributed by atoms with Crippen molar-refractivity contribution in [2.45, 2.75) is 51.5 Å². The van der Waals surface area contributed by atoms with E-state index < -0.39 is 0 Å². The summed E-state index contributed by atoms with van der Waals surface area (Å²) in [6, 6.07) is 0. The summed E-state index contributed by atoms with van der Waals surface area (Å²) in [6.07, 6.45) is 10.2.